The van der Waals surface area contributed by atoms with Gasteiger partial charge in [-0.05, 0) is 12.5 Å². The van der Waals surface area contributed by atoms with Gasteiger partial charge in [-0.1, -0.05) is 25.6 Å². The first-order valence-corrected chi connectivity index (χ1v) is 6.87. The van der Waals surface area contributed by atoms with Crippen molar-refractivity contribution in [1.29, 1.82) is 0 Å². The standard InChI is InChI=1S/C9H19NOSi/c1-4-5-7-10(2)9(11)6-8-12-3/h6,8H,4-5,7,12H2,1-3H3. The fourth-order valence-electron chi connectivity index (χ4n) is 0.851. The van der Waals surface area contributed by atoms with E-state index in [4.69, 9.17) is 0 Å². The predicted octanol–water partition coefficient (Wildman–Crippen LogP) is 0.975. The Bertz CT molecular complexity index is 157. The Morgan fingerprint density at radius 3 is 2.75 bits per heavy atom. The van der Waals surface area contributed by atoms with Crippen LogP contribution in [-0.4, -0.2) is 33.9 Å². The highest BCUT2D eigenvalue weighted by molar-refractivity contribution is 6.40. The molecular weight excluding hydrogens is 166 g/mol. The number of amides is 1. The lowest BCUT2D eigenvalue weighted by molar-refractivity contribution is -0.124. The van der Waals surface area contributed by atoms with Crippen LogP contribution < -0.4 is 0 Å². The van der Waals surface area contributed by atoms with Gasteiger partial charge in [0.1, 0.15) is 0 Å². The third kappa shape index (κ3) is 5.13. The summed E-state index contributed by atoms with van der Waals surface area (Å²) >= 11 is 0. The molecular formula is C9H19NOSi. The summed E-state index contributed by atoms with van der Waals surface area (Å²) in [5.74, 6) is 0.151. The average molecular weight is 185 g/mol. The van der Waals surface area contributed by atoms with Crippen molar-refractivity contribution in [1.82, 2.24) is 4.90 Å². The summed E-state index contributed by atoms with van der Waals surface area (Å²) in [7, 11) is 1.75. The predicted molar refractivity (Wildman–Crippen MR) is 56.1 cm³/mol. The second kappa shape index (κ2) is 7.10. The summed E-state index contributed by atoms with van der Waals surface area (Å²) in [5.41, 5.74) is 2.03. The average Bonchev–Trinajstić information content (AvgIpc) is 2.10. The van der Waals surface area contributed by atoms with E-state index in [0.29, 0.717) is 0 Å². The van der Waals surface area contributed by atoms with Crippen molar-refractivity contribution in [2.75, 3.05) is 13.6 Å². The van der Waals surface area contributed by atoms with Crippen LogP contribution in [0.5, 0.6) is 0 Å². The molecule has 0 aliphatic heterocycles. The van der Waals surface area contributed by atoms with Gasteiger partial charge in [0.25, 0.3) is 0 Å². The maximum atomic E-state index is 11.3. The summed E-state index contributed by atoms with van der Waals surface area (Å²) in [6.07, 6.45) is 3.95. The lowest BCUT2D eigenvalue weighted by atomic mass is 10.3. The second-order valence-corrected chi connectivity index (χ2v) is 4.21. The SMILES string of the molecule is CCCCN(C)C(=O)C=C[SiH2]C. The summed E-state index contributed by atoms with van der Waals surface area (Å²) in [5, 5.41) is 0. The molecule has 0 aliphatic carbocycles. The third-order valence-electron chi connectivity index (χ3n) is 1.72. The van der Waals surface area contributed by atoms with Crippen molar-refractivity contribution < 1.29 is 4.79 Å². The molecule has 0 N–H and O–H groups in total. The van der Waals surface area contributed by atoms with Gasteiger partial charge in [0.05, 0.1) is 0 Å². The van der Waals surface area contributed by atoms with Crippen molar-refractivity contribution in [3.8, 4) is 0 Å². The number of carbonyl (C=O) groups is 1. The van der Waals surface area contributed by atoms with E-state index in [1.54, 1.807) is 11.0 Å². The van der Waals surface area contributed by atoms with E-state index in [1.807, 2.05) is 12.7 Å². The van der Waals surface area contributed by atoms with E-state index in [1.165, 1.54) is 0 Å². The molecule has 0 atom stereocenters. The van der Waals surface area contributed by atoms with Crippen molar-refractivity contribution in [2.24, 2.45) is 0 Å². The molecule has 2 nitrogen and oxygen atoms in total. The highest BCUT2D eigenvalue weighted by Crippen LogP contribution is 1.92. The van der Waals surface area contributed by atoms with Crippen LogP contribution in [0.4, 0.5) is 0 Å². The van der Waals surface area contributed by atoms with Gasteiger partial charge in [-0.25, -0.2) is 0 Å². The molecule has 0 bridgehead atoms. The van der Waals surface area contributed by atoms with Crippen LogP contribution in [-0.2, 0) is 4.79 Å². The highest BCUT2D eigenvalue weighted by Gasteiger charge is 2.01. The molecule has 70 valence electrons. The molecule has 0 saturated heterocycles. The lowest BCUT2D eigenvalue weighted by Gasteiger charge is -2.13. The minimum atomic E-state index is -0.108. The molecule has 3 heteroatoms. The van der Waals surface area contributed by atoms with E-state index in [9.17, 15) is 4.79 Å². The molecule has 0 aromatic rings. The zero-order chi connectivity index (χ0) is 9.40. The van der Waals surface area contributed by atoms with Gasteiger partial charge in [0, 0.05) is 23.1 Å². The Morgan fingerprint density at radius 1 is 1.58 bits per heavy atom. The maximum Gasteiger partial charge on any atom is 0.245 e. The normalized spacial score (nSPS) is 11.6. The molecule has 12 heavy (non-hydrogen) atoms. The van der Waals surface area contributed by atoms with Crippen LogP contribution >= 0.6 is 0 Å². The first-order chi connectivity index (χ1) is 5.72. The molecule has 1 amide bonds. The van der Waals surface area contributed by atoms with E-state index < -0.39 is 0 Å². The molecule has 0 radical (unpaired) electrons. The van der Waals surface area contributed by atoms with E-state index in [2.05, 4.69) is 13.5 Å². The molecule has 0 unspecified atom stereocenters. The largest absolute Gasteiger partial charge is 0.342 e. The molecule has 0 aromatic carbocycles. The number of hydrogen-bond acceptors (Lipinski definition) is 1. The number of nitrogens with zero attached hydrogens (tertiary/aromatic N) is 1. The minimum Gasteiger partial charge on any atom is -0.342 e. The van der Waals surface area contributed by atoms with Crippen LogP contribution in [0.25, 0.3) is 0 Å². The molecule has 0 fully saturated rings. The van der Waals surface area contributed by atoms with Crippen LogP contribution in [0.3, 0.4) is 0 Å². The Kier molecular flexibility index (Phi) is 6.76. The summed E-state index contributed by atoms with van der Waals surface area (Å²) in [6.45, 7) is 5.17. The van der Waals surface area contributed by atoms with Crippen LogP contribution in [0, 0.1) is 0 Å². The number of hydrogen-bond donors (Lipinski definition) is 0. The first kappa shape index (κ1) is 11.4. The van der Waals surface area contributed by atoms with Crippen LogP contribution in [0.2, 0.25) is 6.55 Å². The number of unbranched alkanes of at least 4 members (excludes halogenated alkanes) is 1. The smallest absolute Gasteiger partial charge is 0.245 e. The number of likely N-dealkylation sites (N-methyl/N-ethyl adjacent to an activating group) is 1. The molecule has 0 saturated carbocycles. The molecule has 0 aromatic heterocycles. The van der Waals surface area contributed by atoms with Crippen molar-refractivity contribution in [3.63, 3.8) is 0 Å². The van der Waals surface area contributed by atoms with Crippen LogP contribution in [0.1, 0.15) is 19.8 Å². The Morgan fingerprint density at radius 2 is 2.25 bits per heavy atom. The second-order valence-electron chi connectivity index (χ2n) is 2.92. The molecule has 0 aliphatic rings. The number of carbonyl (C=O) groups excluding carboxylic acids is 1. The van der Waals surface area contributed by atoms with Gasteiger partial charge in [-0.15, -0.1) is 0 Å². The molecule has 0 spiro atoms. The monoisotopic (exact) mass is 185 g/mol. The number of rotatable bonds is 5. The zero-order valence-corrected chi connectivity index (χ0v) is 9.75. The first-order valence-electron chi connectivity index (χ1n) is 4.64. The van der Waals surface area contributed by atoms with Gasteiger partial charge in [0.15, 0.2) is 0 Å². The fourth-order valence-corrected chi connectivity index (χ4v) is 1.29. The summed E-state index contributed by atoms with van der Waals surface area (Å²) < 4.78 is 0. The Labute approximate surface area is 77.5 Å². The molecule has 0 rings (SSSR count). The molecule has 0 heterocycles. The third-order valence-corrected chi connectivity index (χ3v) is 2.43. The van der Waals surface area contributed by atoms with Gasteiger partial charge in [0.2, 0.25) is 5.91 Å². The van der Waals surface area contributed by atoms with Crippen molar-refractivity contribution in [3.05, 3.63) is 11.8 Å². The Balaban J connectivity index is 3.68. The minimum absolute atomic E-state index is 0.108. The highest BCUT2D eigenvalue weighted by atomic mass is 28.2. The van der Waals surface area contributed by atoms with Gasteiger partial charge in [-0.3, -0.25) is 4.79 Å². The fraction of sp³-hybridized carbons (Fsp3) is 0.667. The zero-order valence-electron chi connectivity index (χ0n) is 8.34. The van der Waals surface area contributed by atoms with E-state index in [-0.39, 0.29) is 15.4 Å². The van der Waals surface area contributed by atoms with Crippen molar-refractivity contribution in [2.45, 2.75) is 26.3 Å². The summed E-state index contributed by atoms with van der Waals surface area (Å²) in [6, 6.07) is 0. The Hall–Kier alpha value is -0.573. The van der Waals surface area contributed by atoms with Gasteiger partial charge < -0.3 is 4.90 Å². The quantitative estimate of drug-likeness (QED) is 0.462. The summed E-state index contributed by atoms with van der Waals surface area (Å²) in [4.78, 5) is 13.1. The topological polar surface area (TPSA) is 20.3 Å². The van der Waals surface area contributed by atoms with Crippen molar-refractivity contribution >= 4 is 15.4 Å². The lowest BCUT2D eigenvalue weighted by Crippen LogP contribution is -2.25. The maximum absolute atomic E-state index is 11.3. The van der Waals surface area contributed by atoms with Gasteiger partial charge in [-0.2, -0.15) is 0 Å². The van der Waals surface area contributed by atoms with E-state index >= 15 is 0 Å². The van der Waals surface area contributed by atoms with E-state index in [0.717, 1.165) is 19.4 Å². The van der Waals surface area contributed by atoms with Gasteiger partial charge >= 0.3 is 0 Å². The van der Waals surface area contributed by atoms with Crippen LogP contribution in [0.15, 0.2) is 11.8 Å².